The largest absolute Gasteiger partial charge is 0.457 e. The van der Waals surface area contributed by atoms with E-state index in [9.17, 15) is 13.2 Å². The lowest BCUT2D eigenvalue weighted by molar-refractivity contribution is -0.135. The van der Waals surface area contributed by atoms with Gasteiger partial charge in [-0.05, 0) is 49.2 Å². The molecule has 0 radical (unpaired) electrons. The molecule has 0 spiro atoms. The molecule has 2 aromatic carbocycles. The third-order valence-electron chi connectivity index (χ3n) is 4.63. The zero-order valence-electron chi connectivity index (χ0n) is 14.7. The van der Waals surface area contributed by atoms with Gasteiger partial charge in [0, 0.05) is 6.04 Å². The summed E-state index contributed by atoms with van der Waals surface area (Å²) in [7, 11) is -3.79. The van der Waals surface area contributed by atoms with E-state index in [0.717, 1.165) is 12.8 Å². The Morgan fingerprint density at radius 3 is 2.26 bits per heavy atom. The summed E-state index contributed by atoms with van der Waals surface area (Å²) in [4.78, 5) is 11.9. The molecule has 2 aromatic rings. The van der Waals surface area contributed by atoms with Gasteiger partial charge in [0.15, 0.2) is 0 Å². The molecule has 1 fully saturated rings. The fourth-order valence-electron chi connectivity index (χ4n) is 3.25. The summed E-state index contributed by atoms with van der Waals surface area (Å²) in [5, 5.41) is 8.88. The highest BCUT2D eigenvalue weighted by Crippen LogP contribution is 2.27. The Labute approximate surface area is 158 Å². The second-order valence-corrected chi connectivity index (χ2v) is 8.20. The van der Waals surface area contributed by atoms with Crippen LogP contribution >= 0.6 is 0 Å². The first-order valence-electron chi connectivity index (χ1n) is 8.79. The molecule has 1 aliphatic rings. The number of benzene rings is 2. The van der Waals surface area contributed by atoms with E-state index in [4.69, 9.17) is 9.94 Å². The Bertz CT molecular complexity index is 869. The molecular weight excluding hydrogens is 368 g/mol. The Morgan fingerprint density at radius 2 is 1.59 bits per heavy atom. The third kappa shape index (κ3) is 4.85. The van der Waals surface area contributed by atoms with E-state index in [2.05, 4.69) is 4.72 Å². The molecule has 0 aliphatic heterocycles. The number of hydrogen-bond acceptors (Lipinski definition) is 5. The van der Waals surface area contributed by atoms with E-state index in [-0.39, 0.29) is 4.90 Å². The fourth-order valence-corrected chi connectivity index (χ4v) is 4.56. The maximum Gasteiger partial charge on any atom is 0.248 e. The summed E-state index contributed by atoms with van der Waals surface area (Å²) < 4.78 is 33.6. The number of nitrogens with one attached hydrogen (secondary N) is 2. The van der Waals surface area contributed by atoms with Gasteiger partial charge in [-0.2, -0.15) is 0 Å². The minimum Gasteiger partial charge on any atom is -0.457 e. The van der Waals surface area contributed by atoms with Crippen molar-refractivity contribution in [1.82, 2.24) is 10.2 Å². The SMILES string of the molecule is O=C(NO)[C@H]1CCCC[C@@H]1NS(=O)(=O)c1ccc(Oc2ccccc2)cc1. The van der Waals surface area contributed by atoms with Crippen LogP contribution in [0.15, 0.2) is 59.5 Å². The first-order valence-corrected chi connectivity index (χ1v) is 10.3. The van der Waals surface area contributed by atoms with Crippen LogP contribution in [-0.2, 0) is 14.8 Å². The highest BCUT2D eigenvalue weighted by molar-refractivity contribution is 7.89. The number of sulfonamides is 1. The van der Waals surface area contributed by atoms with Crippen molar-refractivity contribution in [3.05, 3.63) is 54.6 Å². The zero-order chi connectivity index (χ0) is 19.3. The van der Waals surface area contributed by atoms with E-state index >= 15 is 0 Å². The first-order chi connectivity index (χ1) is 13.0. The van der Waals surface area contributed by atoms with Crippen LogP contribution in [0.2, 0.25) is 0 Å². The van der Waals surface area contributed by atoms with Crippen LogP contribution in [0, 0.1) is 5.92 Å². The molecule has 0 aromatic heterocycles. The second kappa shape index (κ2) is 8.51. The number of carbonyl (C=O) groups is 1. The van der Waals surface area contributed by atoms with Crippen LogP contribution in [0.25, 0.3) is 0 Å². The van der Waals surface area contributed by atoms with Crippen molar-refractivity contribution in [1.29, 1.82) is 0 Å². The van der Waals surface area contributed by atoms with E-state index < -0.39 is 27.9 Å². The third-order valence-corrected chi connectivity index (χ3v) is 6.14. The minimum absolute atomic E-state index is 0.0941. The maximum atomic E-state index is 12.7. The van der Waals surface area contributed by atoms with E-state index in [1.807, 2.05) is 30.3 Å². The van der Waals surface area contributed by atoms with Crippen molar-refractivity contribution < 1.29 is 23.2 Å². The summed E-state index contributed by atoms with van der Waals surface area (Å²) in [5.41, 5.74) is 1.63. The van der Waals surface area contributed by atoms with Gasteiger partial charge in [0.25, 0.3) is 0 Å². The normalized spacial score (nSPS) is 20.0. The Balaban J connectivity index is 1.71. The number of hydroxylamine groups is 1. The lowest BCUT2D eigenvalue weighted by Crippen LogP contribution is -2.47. The Kier molecular flexibility index (Phi) is 6.10. The quantitative estimate of drug-likeness (QED) is 0.520. The van der Waals surface area contributed by atoms with Crippen molar-refractivity contribution in [2.45, 2.75) is 36.6 Å². The summed E-state index contributed by atoms with van der Waals surface area (Å²) >= 11 is 0. The lowest BCUT2D eigenvalue weighted by Gasteiger charge is -2.30. The molecule has 7 nitrogen and oxygen atoms in total. The Morgan fingerprint density at radius 1 is 0.963 bits per heavy atom. The number of rotatable bonds is 6. The van der Waals surface area contributed by atoms with Gasteiger partial charge in [0.2, 0.25) is 15.9 Å². The number of amides is 1. The van der Waals surface area contributed by atoms with Gasteiger partial charge in [-0.15, -0.1) is 0 Å². The molecule has 0 unspecified atom stereocenters. The molecule has 1 amide bonds. The zero-order valence-corrected chi connectivity index (χ0v) is 15.5. The summed E-state index contributed by atoms with van der Waals surface area (Å²) in [6, 6.07) is 14.7. The monoisotopic (exact) mass is 390 g/mol. The summed E-state index contributed by atoms with van der Waals surface area (Å²) in [6.45, 7) is 0. The second-order valence-electron chi connectivity index (χ2n) is 6.48. The highest BCUT2D eigenvalue weighted by atomic mass is 32.2. The predicted octanol–water partition coefficient (Wildman–Crippen LogP) is 2.82. The molecule has 1 aliphatic carbocycles. The highest BCUT2D eigenvalue weighted by Gasteiger charge is 2.34. The number of carbonyl (C=O) groups excluding carboxylic acids is 1. The van der Waals surface area contributed by atoms with E-state index in [1.165, 1.54) is 12.1 Å². The molecule has 144 valence electrons. The van der Waals surface area contributed by atoms with Crippen molar-refractivity contribution in [3.63, 3.8) is 0 Å². The summed E-state index contributed by atoms with van der Waals surface area (Å²) in [6.07, 6.45) is 2.73. The van der Waals surface area contributed by atoms with Gasteiger partial charge in [-0.25, -0.2) is 18.6 Å². The van der Waals surface area contributed by atoms with Crippen LogP contribution < -0.4 is 14.9 Å². The molecule has 0 saturated heterocycles. The van der Waals surface area contributed by atoms with Gasteiger partial charge in [-0.3, -0.25) is 10.0 Å². The number of ether oxygens (including phenoxy) is 1. The molecule has 27 heavy (non-hydrogen) atoms. The topological polar surface area (TPSA) is 105 Å². The molecule has 0 heterocycles. The van der Waals surface area contributed by atoms with Gasteiger partial charge in [-0.1, -0.05) is 31.0 Å². The van der Waals surface area contributed by atoms with E-state index in [0.29, 0.717) is 24.3 Å². The van der Waals surface area contributed by atoms with Crippen LogP contribution in [-0.4, -0.2) is 25.6 Å². The van der Waals surface area contributed by atoms with Crippen molar-refractivity contribution in [2.75, 3.05) is 0 Å². The van der Waals surface area contributed by atoms with Gasteiger partial charge in [0.05, 0.1) is 10.8 Å². The van der Waals surface area contributed by atoms with E-state index in [1.54, 1.807) is 17.6 Å². The average molecular weight is 390 g/mol. The molecule has 3 rings (SSSR count). The molecule has 1 saturated carbocycles. The molecule has 2 atom stereocenters. The number of hydrogen-bond donors (Lipinski definition) is 3. The average Bonchev–Trinajstić information content (AvgIpc) is 2.69. The predicted molar refractivity (Wildman–Crippen MR) is 99.0 cm³/mol. The first kappa shape index (κ1) is 19.3. The number of para-hydroxylation sites is 1. The lowest BCUT2D eigenvalue weighted by atomic mass is 9.85. The molecule has 8 heteroatoms. The fraction of sp³-hybridized carbons (Fsp3) is 0.316. The van der Waals surface area contributed by atoms with Gasteiger partial charge >= 0.3 is 0 Å². The van der Waals surface area contributed by atoms with Crippen molar-refractivity contribution >= 4 is 15.9 Å². The van der Waals surface area contributed by atoms with Crippen LogP contribution in [0.3, 0.4) is 0 Å². The van der Waals surface area contributed by atoms with Gasteiger partial charge in [0.1, 0.15) is 11.5 Å². The van der Waals surface area contributed by atoms with Crippen LogP contribution in [0.1, 0.15) is 25.7 Å². The standard InChI is InChI=1S/C19H22N2O5S/c22-19(20-23)17-8-4-5-9-18(17)21-27(24,25)16-12-10-15(11-13-16)26-14-6-2-1-3-7-14/h1-3,6-7,10-13,17-18,21,23H,4-5,8-9H2,(H,20,22)/t17-,18-/m0/s1. The molecular formula is C19H22N2O5S. The van der Waals surface area contributed by atoms with Crippen molar-refractivity contribution in [3.8, 4) is 11.5 Å². The Hall–Kier alpha value is -2.42. The smallest absolute Gasteiger partial charge is 0.248 e. The van der Waals surface area contributed by atoms with Crippen molar-refractivity contribution in [2.24, 2.45) is 5.92 Å². The van der Waals surface area contributed by atoms with Crippen LogP contribution in [0.5, 0.6) is 11.5 Å². The summed E-state index contributed by atoms with van der Waals surface area (Å²) in [5.74, 6) is 0.0369. The van der Waals surface area contributed by atoms with Crippen LogP contribution in [0.4, 0.5) is 0 Å². The maximum absolute atomic E-state index is 12.7. The molecule has 3 N–H and O–H groups in total. The van der Waals surface area contributed by atoms with Gasteiger partial charge < -0.3 is 4.74 Å². The molecule has 0 bridgehead atoms. The minimum atomic E-state index is -3.79.